The lowest BCUT2D eigenvalue weighted by molar-refractivity contribution is -0.359. The Labute approximate surface area is 392 Å². The molecule has 1 amide bonds. The van der Waals surface area contributed by atoms with E-state index >= 15 is 0 Å². The van der Waals surface area contributed by atoms with Crippen LogP contribution in [0.15, 0.2) is 24.3 Å². The molecule has 9 N–H and O–H groups in total. The molecule has 0 bridgehead atoms. The molecular formula is C51H95NO13. The highest BCUT2D eigenvalue weighted by Crippen LogP contribution is 2.30. The molecule has 0 aromatic carbocycles. The molecule has 2 aliphatic rings. The summed E-state index contributed by atoms with van der Waals surface area (Å²) in [7, 11) is 0. The second-order valence-corrected chi connectivity index (χ2v) is 18.7. The van der Waals surface area contributed by atoms with Crippen LogP contribution in [0.1, 0.15) is 200 Å². The highest BCUT2D eigenvalue weighted by atomic mass is 16.7. The number of aliphatic hydroxyl groups is 8. The average molecular weight is 930 g/mol. The Hall–Kier alpha value is -1.53. The highest BCUT2D eigenvalue weighted by Gasteiger charge is 2.51. The van der Waals surface area contributed by atoms with Crippen molar-refractivity contribution < 1.29 is 64.6 Å². The molecule has 0 aromatic rings. The van der Waals surface area contributed by atoms with Gasteiger partial charge in [-0.15, -0.1) is 0 Å². The molecule has 382 valence electrons. The molecule has 0 radical (unpaired) electrons. The zero-order valence-electron chi connectivity index (χ0n) is 40.5. The minimum atomic E-state index is -1.78. The number of allylic oxidation sites excluding steroid dienone is 4. The fraction of sp³-hybridized carbons (Fsp3) is 0.902. The number of carbonyl (C=O) groups is 1. The molecular weight excluding hydrogens is 835 g/mol. The van der Waals surface area contributed by atoms with Crippen molar-refractivity contribution in [2.45, 2.75) is 274 Å². The van der Waals surface area contributed by atoms with Gasteiger partial charge in [-0.05, 0) is 44.9 Å². The van der Waals surface area contributed by atoms with Gasteiger partial charge in [0.15, 0.2) is 12.6 Å². The molecule has 0 spiro atoms. The van der Waals surface area contributed by atoms with Gasteiger partial charge in [0, 0.05) is 6.42 Å². The van der Waals surface area contributed by atoms with E-state index in [9.17, 15) is 45.6 Å². The first-order valence-corrected chi connectivity index (χ1v) is 26.1. The molecule has 2 rings (SSSR count). The normalized spacial score (nSPS) is 27.2. The van der Waals surface area contributed by atoms with E-state index in [0.29, 0.717) is 12.8 Å². The number of aliphatic hydroxyl groups excluding tert-OH is 8. The molecule has 0 aliphatic carbocycles. The third-order valence-electron chi connectivity index (χ3n) is 12.9. The molecule has 14 nitrogen and oxygen atoms in total. The minimum absolute atomic E-state index is 0.221. The summed E-state index contributed by atoms with van der Waals surface area (Å²) < 4.78 is 22.7. The van der Waals surface area contributed by atoms with Crippen LogP contribution in [0, 0.1) is 0 Å². The van der Waals surface area contributed by atoms with Crippen molar-refractivity contribution >= 4 is 5.91 Å². The standard InChI is InChI=1S/C51H95NO13/c1-3-5-7-9-11-13-15-17-19-21-22-24-26-28-30-32-34-40(55)39(52-43(56)35-33-31-29-27-25-23-20-18-16-14-12-10-8-6-4-2)38-62-50-48(61)46(59)49(42(37-54)64-50)65-51-47(60)45(58)44(57)41(36-53)63-51/h12,14,18,20,39-42,44-51,53-55,57-61H,3-11,13,15-17,19,21-38H2,1-2H3,(H,52,56)/b14-12-,20-18-. The number of unbranched alkanes of at least 4 members (excludes halogenated alkanes) is 23. The van der Waals surface area contributed by atoms with Gasteiger partial charge in [-0.25, -0.2) is 0 Å². The largest absolute Gasteiger partial charge is 0.394 e. The van der Waals surface area contributed by atoms with Crippen LogP contribution in [0.2, 0.25) is 0 Å². The summed E-state index contributed by atoms with van der Waals surface area (Å²) in [6.07, 6.45) is 24.6. The molecule has 14 heteroatoms. The quantitative estimate of drug-likeness (QED) is 0.0225. The van der Waals surface area contributed by atoms with Crippen molar-refractivity contribution in [3.63, 3.8) is 0 Å². The van der Waals surface area contributed by atoms with Gasteiger partial charge in [0.2, 0.25) is 5.91 Å². The second kappa shape index (κ2) is 38.3. The predicted octanol–water partition coefficient (Wildman–Crippen LogP) is 6.94. The molecule has 65 heavy (non-hydrogen) atoms. The summed E-state index contributed by atoms with van der Waals surface area (Å²) in [5.74, 6) is -0.221. The van der Waals surface area contributed by atoms with E-state index in [1.807, 2.05) is 0 Å². The summed E-state index contributed by atoms with van der Waals surface area (Å²) in [6.45, 7) is 2.81. The number of carbonyl (C=O) groups excluding carboxylic acids is 1. The third-order valence-corrected chi connectivity index (χ3v) is 12.9. The van der Waals surface area contributed by atoms with E-state index < -0.39 is 86.8 Å². The number of rotatable bonds is 40. The van der Waals surface area contributed by atoms with Crippen LogP contribution in [0.3, 0.4) is 0 Å². The summed E-state index contributed by atoms with van der Waals surface area (Å²) in [4.78, 5) is 13.2. The summed E-state index contributed by atoms with van der Waals surface area (Å²) in [6, 6.07) is -0.833. The summed E-state index contributed by atoms with van der Waals surface area (Å²) >= 11 is 0. The Morgan fingerprint density at radius 1 is 0.554 bits per heavy atom. The number of amides is 1. The molecule has 2 saturated heterocycles. The number of nitrogens with one attached hydrogen (secondary N) is 1. The van der Waals surface area contributed by atoms with E-state index in [2.05, 4.69) is 43.5 Å². The molecule has 2 aliphatic heterocycles. The first kappa shape index (κ1) is 59.6. The number of hydrogen-bond acceptors (Lipinski definition) is 13. The topological polar surface area (TPSA) is 228 Å². The Morgan fingerprint density at radius 3 is 1.57 bits per heavy atom. The fourth-order valence-corrected chi connectivity index (χ4v) is 8.62. The van der Waals surface area contributed by atoms with Gasteiger partial charge in [-0.2, -0.15) is 0 Å². The molecule has 2 heterocycles. The Bertz CT molecular complexity index is 1190. The SMILES string of the molecule is CCCCC/C=C\C/C=C\CCCCCCCC(=O)NC(COC1OC(CO)C(OC2OC(CO)C(O)C(O)C2O)C(O)C1O)C(O)CCCCCCCCCCCCCCCCCC. The van der Waals surface area contributed by atoms with Crippen LogP contribution in [-0.2, 0) is 23.7 Å². The number of ether oxygens (including phenoxy) is 4. The third kappa shape index (κ3) is 25.6. The Morgan fingerprint density at radius 2 is 1.02 bits per heavy atom. The van der Waals surface area contributed by atoms with Gasteiger partial charge in [-0.1, -0.05) is 173 Å². The predicted molar refractivity (Wildman–Crippen MR) is 254 cm³/mol. The van der Waals surface area contributed by atoms with Gasteiger partial charge in [-0.3, -0.25) is 4.79 Å². The smallest absolute Gasteiger partial charge is 0.220 e. The first-order valence-electron chi connectivity index (χ1n) is 26.1. The summed E-state index contributed by atoms with van der Waals surface area (Å²) in [5.41, 5.74) is 0. The van der Waals surface area contributed by atoms with Crippen molar-refractivity contribution in [3.05, 3.63) is 24.3 Å². The van der Waals surface area contributed by atoms with Crippen LogP contribution in [-0.4, -0.2) is 140 Å². The monoisotopic (exact) mass is 930 g/mol. The van der Waals surface area contributed by atoms with E-state index in [1.165, 1.54) is 96.3 Å². The van der Waals surface area contributed by atoms with Crippen LogP contribution in [0.4, 0.5) is 0 Å². The molecule has 12 atom stereocenters. The van der Waals surface area contributed by atoms with Gasteiger partial charge in [0.25, 0.3) is 0 Å². The maximum Gasteiger partial charge on any atom is 0.220 e. The number of hydrogen-bond donors (Lipinski definition) is 9. The maximum absolute atomic E-state index is 13.2. The van der Waals surface area contributed by atoms with Gasteiger partial charge >= 0.3 is 0 Å². The Kier molecular flexibility index (Phi) is 35.1. The first-order chi connectivity index (χ1) is 31.6. The van der Waals surface area contributed by atoms with Crippen molar-refractivity contribution in [1.82, 2.24) is 5.32 Å². The second-order valence-electron chi connectivity index (χ2n) is 18.7. The van der Waals surface area contributed by atoms with Crippen LogP contribution in [0.25, 0.3) is 0 Å². The fourth-order valence-electron chi connectivity index (χ4n) is 8.62. The van der Waals surface area contributed by atoms with Gasteiger partial charge in [0.1, 0.15) is 48.8 Å². The van der Waals surface area contributed by atoms with Crippen LogP contribution < -0.4 is 5.32 Å². The maximum atomic E-state index is 13.2. The lowest BCUT2D eigenvalue weighted by Gasteiger charge is -2.46. The zero-order valence-corrected chi connectivity index (χ0v) is 40.5. The zero-order chi connectivity index (χ0) is 47.5. The summed E-state index contributed by atoms with van der Waals surface area (Å²) in [5, 5.41) is 86.9. The molecule has 0 aromatic heterocycles. The van der Waals surface area contributed by atoms with Gasteiger partial charge in [0.05, 0.1) is 32.0 Å². The van der Waals surface area contributed by atoms with E-state index in [1.54, 1.807) is 0 Å². The van der Waals surface area contributed by atoms with Gasteiger partial charge < -0.3 is 65.1 Å². The Balaban J connectivity index is 1.83. The van der Waals surface area contributed by atoms with Crippen LogP contribution >= 0.6 is 0 Å². The molecule has 12 unspecified atom stereocenters. The minimum Gasteiger partial charge on any atom is -0.394 e. The molecule has 0 saturated carbocycles. The van der Waals surface area contributed by atoms with E-state index in [4.69, 9.17) is 18.9 Å². The van der Waals surface area contributed by atoms with Crippen molar-refractivity contribution in [1.29, 1.82) is 0 Å². The van der Waals surface area contributed by atoms with E-state index in [-0.39, 0.29) is 18.9 Å². The lowest BCUT2D eigenvalue weighted by Crippen LogP contribution is -2.65. The van der Waals surface area contributed by atoms with Crippen molar-refractivity contribution in [3.8, 4) is 0 Å². The van der Waals surface area contributed by atoms with Crippen molar-refractivity contribution in [2.75, 3.05) is 19.8 Å². The highest BCUT2D eigenvalue weighted by molar-refractivity contribution is 5.76. The van der Waals surface area contributed by atoms with Crippen molar-refractivity contribution in [2.24, 2.45) is 0 Å². The average Bonchev–Trinajstić information content (AvgIpc) is 3.30. The van der Waals surface area contributed by atoms with E-state index in [0.717, 1.165) is 70.6 Å². The molecule has 2 fully saturated rings. The lowest BCUT2D eigenvalue weighted by atomic mass is 9.97. The van der Waals surface area contributed by atoms with Crippen LogP contribution in [0.5, 0.6) is 0 Å².